The van der Waals surface area contributed by atoms with Crippen LogP contribution in [0, 0.1) is 18.6 Å². The molecule has 0 N–H and O–H groups in total. The number of hydrogen-bond donors (Lipinski definition) is 0. The fourth-order valence-corrected chi connectivity index (χ4v) is 1.87. The van der Waals surface area contributed by atoms with Gasteiger partial charge in [0.15, 0.2) is 0 Å². The first-order chi connectivity index (χ1) is 7.50. The van der Waals surface area contributed by atoms with E-state index in [0.717, 1.165) is 17.6 Å². The van der Waals surface area contributed by atoms with Gasteiger partial charge < -0.3 is 0 Å². The summed E-state index contributed by atoms with van der Waals surface area (Å²) < 4.78 is 30.2. The molecule has 0 aliphatic carbocycles. The number of aryl methyl sites for hydroxylation is 2. The molecule has 0 radical (unpaired) electrons. The largest absolute Gasteiger partial charge is 0.291 e. The van der Waals surface area contributed by atoms with Crippen LogP contribution in [-0.4, -0.2) is 4.57 Å². The average Bonchev–Trinajstić information content (AvgIpc) is 2.43. The Hall–Kier alpha value is -1.71. The van der Waals surface area contributed by atoms with Gasteiger partial charge >= 0.3 is 0 Å². The third kappa shape index (κ3) is 1.60. The Morgan fingerprint density at radius 2 is 1.94 bits per heavy atom. The van der Waals surface area contributed by atoms with Gasteiger partial charge in [0.05, 0.1) is 14.1 Å². The molecule has 84 valence electrons. The zero-order valence-corrected chi connectivity index (χ0v) is 9.46. The van der Waals surface area contributed by atoms with Gasteiger partial charge in [0.2, 0.25) is 0 Å². The molecule has 1 aromatic carbocycles. The highest BCUT2D eigenvalue weighted by atomic mass is 19.1. The highest BCUT2D eigenvalue weighted by Crippen LogP contribution is 2.21. The Morgan fingerprint density at radius 1 is 1.25 bits per heavy atom. The zero-order chi connectivity index (χ0) is 11.9. The molecule has 0 saturated carbocycles. The monoisotopic (exact) mass is 223 g/mol. The molecule has 0 fully saturated rings. The molecule has 0 bridgehead atoms. The maximum absolute atomic E-state index is 13.6. The van der Waals surface area contributed by atoms with Crippen LogP contribution in [0.4, 0.5) is 8.78 Å². The molecule has 1 aromatic heterocycles. The van der Waals surface area contributed by atoms with Crippen molar-refractivity contribution >= 4 is 0 Å². The first kappa shape index (κ1) is 10.8. The predicted octanol–water partition coefficient (Wildman–Crippen LogP) is 2.10. The smallest absolute Gasteiger partial charge is 0.232 e. The molecule has 0 aliphatic heterocycles. The standard InChI is InChI=1S/C12H13F2N2/c1-8-7-15(2)12(16(8)3)10-5-4-9(13)6-11(10)14/h4-7H,1-3H3/q+1. The van der Waals surface area contributed by atoms with Crippen molar-refractivity contribution in [1.82, 2.24) is 4.57 Å². The second-order valence-electron chi connectivity index (χ2n) is 3.89. The van der Waals surface area contributed by atoms with E-state index in [0.29, 0.717) is 5.56 Å². The van der Waals surface area contributed by atoms with E-state index in [-0.39, 0.29) is 0 Å². The van der Waals surface area contributed by atoms with Crippen LogP contribution in [0.2, 0.25) is 0 Å². The van der Waals surface area contributed by atoms with Gasteiger partial charge in [-0.05, 0) is 12.1 Å². The Bertz CT molecular complexity index is 544. The van der Waals surface area contributed by atoms with Gasteiger partial charge in [0, 0.05) is 13.0 Å². The minimum atomic E-state index is -0.560. The van der Waals surface area contributed by atoms with E-state index in [1.54, 1.807) is 0 Å². The van der Waals surface area contributed by atoms with Gasteiger partial charge in [0.1, 0.15) is 29.1 Å². The van der Waals surface area contributed by atoms with Crippen molar-refractivity contribution in [2.75, 3.05) is 0 Å². The lowest BCUT2D eigenvalue weighted by atomic mass is 10.2. The second-order valence-corrected chi connectivity index (χ2v) is 3.89. The number of hydrogen-bond acceptors (Lipinski definition) is 0. The molecule has 0 unspecified atom stereocenters. The number of aromatic nitrogens is 2. The summed E-state index contributed by atoms with van der Waals surface area (Å²) in [4.78, 5) is 0. The third-order valence-corrected chi connectivity index (χ3v) is 2.73. The van der Waals surface area contributed by atoms with Crippen molar-refractivity contribution in [2.24, 2.45) is 14.1 Å². The lowest BCUT2D eigenvalue weighted by molar-refractivity contribution is -0.659. The molecule has 4 heteroatoms. The Labute approximate surface area is 92.8 Å². The minimum absolute atomic E-state index is 0.402. The molecule has 0 amide bonds. The van der Waals surface area contributed by atoms with Crippen molar-refractivity contribution < 1.29 is 13.3 Å². The summed E-state index contributed by atoms with van der Waals surface area (Å²) in [7, 11) is 3.69. The molecule has 2 nitrogen and oxygen atoms in total. The first-order valence-corrected chi connectivity index (χ1v) is 4.98. The van der Waals surface area contributed by atoms with Crippen LogP contribution in [0.1, 0.15) is 5.69 Å². The summed E-state index contributed by atoms with van der Waals surface area (Å²) in [6.45, 7) is 1.94. The normalized spacial score (nSPS) is 10.8. The van der Waals surface area contributed by atoms with Crippen molar-refractivity contribution in [3.05, 3.63) is 41.7 Å². The highest BCUT2D eigenvalue weighted by molar-refractivity contribution is 5.54. The zero-order valence-electron chi connectivity index (χ0n) is 9.46. The summed E-state index contributed by atoms with van der Waals surface area (Å²) in [6, 6.07) is 3.62. The van der Waals surface area contributed by atoms with E-state index in [9.17, 15) is 8.78 Å². The molecule has 16 heavy (non-hydrogen) atoms. The van der Waals surface area contributed by atoms with Crippen molar-refractivity contribution in [1.29, 1.82) is 0 Å². The fraction of sp³-hybridized carbons (Fsp3) is 0.250. The maximum Gasteiger partial charge on any atom is 0.291 e. The van der Waals surface area contributed by atoms with Crippen LogP contribution in [0.5, 0.6) is 0 Å². The Morgan fingerprint density at radius 3 is 2.44 bits per heavy atom. The van der Waals surface area contributed by atoms with Crippen molar-refractivity contribution in [2.45, 2.75) is 6.92 Å². The fourth-order valence-electron chi connectivity index (χ4n) is 1.87. The van der Waals surface area contributed by atoms with Crippen molar-refractivity contribution in [3.8, 4) is 11.4 Å². The molecule has 0 atom stereocenters. The third-order valence-electron chi connectivity index (χ3n) is 2.73. The van der Waals surface area contributed by atoms with Crippen LogP contribution in [0.25, 0.3) is 11.4 Å². The maximum atomic E-state index is 13.6. The Kier molecular flexibility index (Phi) is 2.50. The van der Waals surface area contributed by atoms with Gasteiger partial charge in [-0.15, -0.1) is 0 Å². The number of nitrogens with zero attached hydrogens (tertiary/aromatic N) is 2. The first-order valence-electron chi connectivity index (χ1n) is 4.98. The SMILES string of the molecule is Cc1c[n+](C)c(-c2ccc(F)cc2F)n1C. The van der Waals surface area contributed by atoms with E-state index in [2.05, 4.69) is 0 Å². The van der Waals surface area contributed by atoms with E-state index < -0.39 is 11.6 Å². The number of benzene rings is 1. The van der Waals surface area contributed by atoms with Crippen LogP contribution < -0.4 is 4.57 Å². The Balaban J connectivity index is 2.67. The molecular formula is C12H13F2N2+. The molecule has 1 heterocycles. The topological polar surface area (TPSA) is 8.81 Å². The molecule has 0 saturated heterocycles. The lowest BCUT2D eigenvalue weighted by Gasteiger charge is -2.01. The molecule has 0 spiro atoms. The summed E-state index contributed by atoms with van der Waals surface area (Å²) in [5.74, 6) is -0.387. The van der Waals surface area contributed by atoms with Crippen LogP contribution in [0.15, 0.2) is 24.4 Å². The lowest BCUT2D eigenvalue weighted by Crippen LogP contribution is -2.29. The summed E-state index contributed by atoms with van der Waals surface area (Å²) in [6.07, 6.45) is 1.90. The second kappa shape index (κ2) is 3.70. The number of rotatable bonds is 1. The average molecular weight is 223 g/mol. The number of halogens is 2. The van der Waals surface area contributed by atoms with E-state index in [4.69, 9.17) is 0 Å². The summed E-state index contributed by atoms with van der Waals surface area (Å²) in [5.41, 5.74) is 1.42. The quantitative estimate of drug-likeness (QED) is 0.655. The van der Waals surface area contributed by atoms with Crippen molar-refractivity contribution in [3.63, 3.8) is 0 Å². The minimum Gasteiger partial charge on any atom is -0.232 e. The van der Waals surface area contributed by atoms with Gasteiger partial charge in [0.25, 0.3) is 5.82 Å². The van der Waals surface area contributed by atoms with Gasteiger partial charge in [-0.2, -0.15) is 0 Å². The molecular weight excluding hydrogens is 210 g/mol. The van der Waals surface area contributed by atoms with E-state index in [1.807, 2.05) is 36.4 Å². The van der Waals surface area contributed by atoms with Crippen LogP contribution >= 0.6 is 0 Å². The summed E-state index contributed by atoms with van der Waals surface area (Å²) >= 11 is 0. The predicted molar refractivity (Wildman–Crippen MR) is 56.7 cm³/mol. The van der Waals surface area contributed by atoms with Gasteiger partial charge in [-0.25, -0.2) is 17.9 Å². The van der Waals surface area contributed by atoms with E-state index >= 15 is 0 Å². The molecule has 2 rings (SSSR count). The molecule has 2 aromatic rings. The van der Waals surface area contributed by atoms with Crippen LogP contribution in [-0.2, 0) is 14.1 Å². The summed E-state index contributed by atoms with van der Waals surface area (Å²) in [5, 5.41) is 0. The van der Waals surface area contributed by atoms with Crippen LogP contribution in [0.3, 0.4) is 0 Å². The number of imidazole rings is 1. The molecule has 0 aliphatic rings. The van der Waals surface area contributed by atoms with Gasteiger partial charge in [-0.1, -0.05) is 0 Å². The van der Waals surface area contributed by atoms with Gasteiger partial charge in [-0.3, -0.25) is 0 Å². The van der Waals surface area contributed by atoms with E-state index in [1.165, 1.54) is 12.1 Å². The highest BCUT2D eigenvalue weighted by Gasteiger charge is 2.21.